The Morgan fingerprint density at radius 1 is 1.45 bits per heavy atom. The third kappa shape index (κ3) is 2.55. The van der Waals surface area contributed by atoms with Crippen molar-refractivity contribution in [1.29, 1.82) is 0 Å². The van der Waals surface area contributed by atoms with Gasteiger partial charge in [0.2, 0.25) is 5.91 Å². The summed E-state index contributed by atoms with van der Waals surface area (Å²) in [5.41, 5.74) is 1.98. The molecule has 0 radical (unpaired) electrons. The molecule has 1 amide bonds. The van der Waals surface area contributed by atoms with Crippen LogP contribution in [0, 0.1) is 11.8 Å². The predicted molar refractivity (Wildman–Crippen MR) is 79.2 cm³/mol. The van der Waals surface area contributed by atoms with Crippen LogP contribution in [0.4, 0.5) is 0 Å². The topological polar surface area (TPSA) is 57.8 Å². The molecule has 0 spiro atoms. The van der Waals surface area contributed by atoms with Gasteiger partial charge in [0.15, 0.2) is 0 Å². The number of imidazole rings is 1. The number of aromatic nitrogens is 2. The number of hydrogen-bond acceptors (Lipinski definition) is 2. The van der Waals surface area contributed by atoms with Crippen LogP contribution in [-0.4, -0.2) is 15.9 Å². The molecule has 1 aliphatic carbocycles. The Labute approximate surface area is 119 Å². The van der Waals surface area contributed by atoms with Crippen LogP contribution in [0.5, 0.6) is 0 Å². The number of carbonyl (C=O) groups excluding carboxylic acids is 1. The molecular formula is C16H21N3O. The molecule has 2 N–H and O–H groups in total. The van der Waals surface area contributed by atoms with E-state index in [0.717, 1.165) is 36.1 Å². The minimum absolute atomic E-state index is 0.0273. The summed E-state index contributed by atoms with van der Waals surface area (Å²) >= 11 is 0. The lowest BCUT2D eigenvalue weighted by atomic mass is 9.98. The van der Waals surface area contributed by atoms with Gasteiger partial charge in [-0.15, -0.1) is 0 Å². The van der Waals surface area contributed by atoms with Gasteiger partial charge in [-0.05, 0) is 30.9 Å². The van der Waals surface area contributed by atoms with Gasteiger partial charge < -0.3 is 10.3 Å². The molecule has 1 saturated carbocycles. The number of nitrogens with zero attached hydrogens (tertiary/aromatic N) is 1. The van der Waals surface area contributed by atoms with Crippen molar-refractivity contribution in [3.8, 4) is 0 Å². The lowest BCUT2D eigenvalue weighted by Gasteiger charge is -2.22. The van der Waals surface area contributed by atoms with E-state index in [2.05, 4.69) is 29.1 Å². The molecule has 1 aromatic heterocycles. The summed E-state index contributed by atoms with van der Waals surface area (Å²) in [6, 6.07) is 7.95. The van der Waals surface area contributed by atoms with Crippen molar-refractivity contribution >= 4 is 16.9 Å². The molecule has 1 aromatic carbocycles. The van der Waals surface area contributed by atoms with E-state index in [-0.39, 0.29) is 17.9 Å². The number of amides is 1. The van der Waals surface area contributed by atoms with Gasteiger partial charge in [-0.25, -0.2) is 4.98 Å². The second-order valence-corrected chi connectivity index (χ2v) is 5.79. The van der Waals surface area contributed by atoms with Crippen molar-refractivity contribution in [2.45, 2.75) is 39.2 Å². The lowest BCUT2D eigenvalue weighted by molar-refractivity contribution is -0.123. The molecule has 2 atom stereocenters. The Kier molecular flexibility index (Phi) is 3.47. The number of benzene rings is 1. The fourth-order valence-corrected chi connectivity index (χ4v) is 2.45. The first-order valence-electron chi connectivity index (χ1n) is 7.44. The zero-order chi connectivity index (χ0) is 14.1. The first kappa shape index (κ1) is 13.2. The SMILES string of the molecule is CCC(C)C(NC(=O)C1CC1)c1nc2ccccc2[nH]1. The van der Waals surface area contributed by atoms with E-state index in [1.165, 1.54) is 0 Å². The molecule has 4 heteroatoms. The first-order valence-corrected chi connectivity index (χ1v) is 7.44. The predicted octanol–water partition coefficient (Wildman–Crippen LogP) is 3.18. The molecule has 3 rings (SSSR count). The number of nitrogens with one attached hydrogen (secondary N) is 2. The van der Waals surface area contributed by atoms with Crippen LogP contribution in [0.2, 0.25) is 0 Å². The Morgan fingerprint density at radius 2 is 2.20 bits per heavy atom. The number of rotatable bonds is 5. The summed E-state index contributed by atoms with van der Waals surface area (Å²) in [5.74, 6) is 1.63. The van der Waals surface area contributed by atoms with E-state index in [1.807, 2.05) is 24.3 Å². The average molecular weight is 271 g/mol. The van der Waals surface area contributed by atoms with Gasteiger partial charge in [0.05, 0.1) is 17.1 Å². The largest absolute Gasteiger partial charge is 0.346 e. The lowest BCUT2D eigenvalue weighted by Crippen LogP contribution is -2.34. The first-order chi connectivity index (χ1) is 9.69. The summed E-state index contributed by atoms with van der Waals surface area (Å²) in [6.45, 7) is 4.30. The van der Waals surface area contributed by atoms with E-state index >= 15 is 0 Å². The highest BCUT2D eigenvalue weighted by molar-refractivity contribution is 5.81. The third-order valence-electron chi connectivity index (χ3n) is 4.16. The van der Waals surface area contributed by atoms with Crippen molar-refractivity contribution in [1.82, 2.24) is 15.3 Å². The van der Waals surface area contributed by atoms with Crippen LogP contribution in [0.15, 0.2) is 24.3 Å². The highest BCUT2D eigenvalue weighted by atomic mass is 16.2. The van der Waals surface area contributed by atoms with Gasteiger partial charge in [-0.1, -0.05) is 32.4 Å². The summed E-state index contributed by atoms with van der Waals surface area (Å²) < 4.78 is 0. The van der Waals surface area contributed by atoms with Gasteiger partial charge in [-0.2, -0.15) is 0 Å². The van der Waals surface area contributed by atoms with Crippen molar-refractivity contribution in [3.63, 3.8) is 0 Å². The summed E-state index contributed by atoms with van der Waals surface area (Å²) in [7, 11) is 0. The van der Waals surface area contributed by atoms with Crippen LogP contribution >= 0.6 is 0 Å². The maximum absolute atomic E-state index is 12.1. The molecule has 1 heterocycles. The fraction of sp³-hybridized carbons (Fsp3) is 0.500. The van der Waals surface area contributed by atoms with Gasteiger partial charge in [0, 0.05) is 5.92 Å². The van der Waals surface area contributed by atoms with Gasteiger partial charge in [-0.3, -0.25) is 4.79 Å². The molecule has 0 bridgehead atoms. The van der Waals surface area contributed by atoms with E-state index in [9.17, 15) is 4.79 Å². The third-order valence-corrected chi connectivity index (χ3v) is 4.16. The van der Waals surface area contributed by atoms with Crippen LogP contribution < -0.4 is 5.32 Å². The molecule has 0 saturated heterocycles. The highest BCUT2D eigenvalue weighted by Gasteiger charge is 2.33. The number of fused-ring (bicyclic) bond motifs is 1. The molecule has 20 heavy (non-hydrogen) atoms. The maximum atomic E-state index is 12.1. The van der Waals surface area contributed by atoms with Crippen LogP contribution in [0.1, 0.15) is 45.0 Å². The molecule has 1 fully saturated rings. The Morgan fingerprint density at radius 3 is 2.85 bits per heavy atom. The standard InChI is InChI=1S/C16H21N3O/c1-3-10(2)14(19-16(20)11-8-9-11)15-17-12-6-4-5-7-13(12)18-15/h4-7,10-11,14H,3,8-9H2,1-2H3,(H,17,18)(H,19,20). The average Bonchev–Trinajstić information content (AvgIpc) is 3.23. The quantitative estimate of drug-likeness (QED) is 0.877. The second kappa shape index (κ2) is 5.27. The summed E-state index contributed by atoms with van der Waals surface area (Å²) in [5, 5.41) is 3.17. The summed E-state index contributed by atoms with van der Waals surface area (Å²) in [6.07, 6.45) is 3.06. The number of carbonyl (C=O) groups is 1. The number of aromatic amines is 1. The molecule has 2 unspecified atom stereocenters. The van der Waals surface area contributed by atoms with Crippen LogP contribution in [0.3, 0.4) is 0 Å². The normalized spacial score (nSPS) is 17.9. The van der Waals surface area contributed by atoms with Crippen molar-refractivity contribution in [3.05, 3.63) is 30.1 Å². The zero-order valence-electron chi connectivity index (χ0n) is 12.0. The smallest absolute Gasteiger partial charge is 0.223 e. The second-order valence-electron chi connectivity index (χ2n) is 5.79. The maximum Gasteiger partial charge on any atom is 0.223 e. The summed E-state index contributed by atoms with van der Waals surface area (Å²) in [4.78, 5) is 20.1. The number of para-hydroxylation sites is 2. The molecule has 2 aromatic rings. The Balaban J connectivity index is 1.88. The highest BCUT2D eigenvalue weighted by Crippen LogP contribution is 2.31. The number of hydrogen-bond donors (Lipinski definition) is 2. The van der Waals surface area contributed by atoms with Gasteiger partial charge in [0.25, 0.3) is 0 Å². The van der Waals surface area contributed by atoms with Crippen LogP contribution in [-0.2, 0) is 4.79 Å². The Bertz CT molecular complexity index is 582. The van der Waals surface area contributed by atoms with Gasteiger partial charge in [0.1, 0.15) is 5.82 Å². The van der Waals surface area contributed by atoms with E-state index < -0.39 is 0 Å². The zero-order valence-corrected chi connectivity index (χ0v) is 12.0. The molecule has 4 nitrogen and oxygen atoms in total. The van der Waals surface area contributed by atoms with Gasteiger partial charge >= 0.3 is 0 Å². The van der Waals surface area contributed by atoms with Crippen molar-refractivity contribution in [2.75, 3.05) is 0 Å². The molecule has 1 aliphatic rings. The number of H-pyrrole nitrogens is 1. The van der Waals surface area contributed by atoms with E-state index in [0.29, 0.717) is 5.92 Å². The van der Waals surface area contributed by atoms with E-state index in [4.69, 9.17) is 0 Å². The molecule has 0 aliphatic heterocycles. The fourth-order valence-electron chi connectivity index (χ4n) is 2.45. The molecule has 106 valence electrons. The van der Waals surface area contributed by atoms with Crippen molar-refractivity contribution < 1.29 is 4.79 Å². The Hall–Kier alpha value is -1.84. The van der Waals surface area contributed by atoms with E-state index in [1.54, 1.807) is 0 Å². The molecular weight excluding hydrogens is 250 g/mol. The van der Waals surface area contributed by atoms with Crippen molar-refractivity contribution in [2.24, 2.45) is 11.8 Å². The van der Waals surface area contributed by atoms with Crippen LogP contribution in [0.25, 0.3) is 11.0 Å². The monoisotopic (exact) mass is 271 g/mol. The minimum atomic E-state index is -0.0273. The minimum Gasteiger partial charge on any atom is -0.346 e.